The maximum Gasteiger partial charge on any atom is 0.0408 e. The minimum Gasteiger partial charge on any atom is -0.324 e. The third-order valence-corrected chi connectivity index (χ3v) is 3.87. The summed E-state index contributed by atoms with van der Waals surface area (Å²) in [4.78, 5) is 0. The van der Waals surface area contributed by atoms with E-state index in [9.17, 15) is 0 Å². The molecule has 1 unspecified atom stereocenters. The third-order valence-electron chi connectivity index (χ3n) is 2.65. The lowest BCUT2D eigenvalue weighted by atomic mass is 10.00. The minimum absolute atomic E-state index is 0.0153. The Morgan fingerprint density at radius 3 is 2.59 bits per heavy atom. The lowest BCUT2D eigenvalue weighted by Gasteiger charge is -2.14. The van der Waals surface area contributed by atoms with E-state index in [1.807, 2.05) is 30.3 Å². The molecule has 0 heterocycles. The summed E-state index contributed by atoms with van der Waals surface area (Å²) >= 11 is 8.28. The number of benzene rings is 2. The predicted octanol–water partition coefficient (Wildman–Crippen LogP) is 4.19. The van der Waals surface area contributed by atoms with Gasteiger partial charge in [-0.2, -0.15) is 0 Å². The van der Waals surface area contributed by atoms with Crippen LogP contribution in [0.4, 0.5) is 0 Å². The maximum atomic E-state index is 6.23. The number of halogens is 2. The Bertz CT molecular complexity index is 513. The van der Waals surface area contributed by atoms with Crippen LogP contribution in [0.2, 0.25) is 5.02 Å². The zero-order valence-electron chi connectivity index (χ0n) is 9.24. The second-order valence-electron chi connectivity index (χ2n) is 3.96. The molecule has 1 atom stereocenters. The maximum absolute atomic E-state index is 6.23. The van der Waals surface area contributed by atoms with Crippen LogP contribution in [-0.2, 0) is 6.42 Å². The molecule has 0 radical (unpaired) electrons. The number of rotatable bonds is 3. The molecule has 2 aromatic carbocycles. The van der Waals surface area contributed by atoms with E-state index >= 15 is 0 Å². The van der Waals surface area contributed by atoms with Crippen molar-refractivity contribution >= 4 is 34.2 Å². The highest BCUT2D eigenvalue weighted by atomic mass is 127. The van der Waals surface area contributed by atoms with Gasteiger partial charge >= 0.3 is 0 Å². The lowest BCUT2D eigenvalue weighted by Crippen LogP contribution is -2.14. The Balaban J connectivity index is 2.17. The fraction of sp³-hybridized carbons (Fsp3) is 0.143. The summed E-state index contributed by atoms with van der Waals surface area (Å²) in [6.45, 7) is 0. The first-order chi connectivity index (χ1) is 8.16. The first kappa shape index (κ1) is 12.9. The molecule has 0 amide bonds. The monoisotopic (exact) mass is 357 g/mol. The summed E-state index contributed by atoms with van der Waals surface area (Å²) < 4.78 is 1.21. The van der Waals surface area contributed by atoms with Crippen molar-refractivity contribution in [1.29, 1.82) is 0 Å². The van der Waals surface area contributed by atoms with Crippen LogP contribution in [0.25, 0.3) is 0 Å². The Hall–Kier alpha value is -0.580. The fourth-order valence-corrected chi connectivity index (χ4v) is 2.80. The molecule has 2 rings (SSSR count). The summed E-state index contributed by atoms with van der Waals surface area (Å²) in [7, 11) is 0. The molecule has 0 spiro atoms. The van der Waals surface area contributed by atoms with Crippen LogP contribution in [0.1, 0.15) is 17.2 Å². The quantitative estimate of drug-likeness (QED) is 0.819. The summed E-state index contributed by atoms with van der Waals surface area (Å²) in [5.41, 5.74) is 8.59. The highest BCUT2D eigenvalue weighted by molar-refractivity contribution is 14.1. The van der Waals surface area contributed by atoms with E-state index in [4.69, 9.17) is 17.3 Å². The molecule has 0 saturated heterocycles. The van der Waals surface area contributed by atoms with Crippen molar-refractivity contribution in [1.82, 2.24) is 0 Å². The topological polar surface area (TPSA) is 26.0 Å². The average molecular weight is 358 g/mol. The van der Waals surface area contributed by atoms with E-state index in [1.54, 1.807) is 0 Å². The second-order valence-corrected chi connectivity index (χ2v) is 5.56. The first-order valence-corrected chi connectivity index (χ1v) is 6.87. The van der Waals surface area contributed by atoms with Gasteiger partial charge in [-0.05, 0) is 58.3 Å². The molecular formula is C14H13ClIN. The van der Waals surface area contributed by atoms with Gasteiger partial charge in [0.25, 0.3) is 0 Å². The van der Waals surface area contributed by atoms with Crippen LogP contribution in [0, 0.1) is 3.57 Å². The second kappa shape index (κ2) is 5.85. The van der Waals surface area contributed by atoms with E-state index in [0.717, 1.165) is 11.4 Å². The van der Waals surface area contributed by atoms with Gasteiger partial charge in [0.2, 0.25) is 0 Å². The molecule has 0 aliphatic heterocycles. The average Bonchev–Trinajstić information content (AvgIpc) is 2.29. The smallest absolute Gasteiger partial charge is 0.0408 e. The van der Waals surface area contributed by atoms with Crippen molar-refractivity contribution < 1.29 is 0 Å². The van der Waals surface area contributed by atoms with E-state index in [1.165, 1.54) is 14.7 Å². The number of hydrogen-bond donors (Lipinski definition) is 1. The molecule has 2 aromatic rings. The van der Waals surface area contributed by atoms with E-state index in [2.05, 4.69) is 40.8 Å². The summed E-state index contributed by atoms with van der Waals surface area (Å²) in [6, 6.07) is 16.1. The zero-order valence-corrected chi connectivity index (χ0v) is 12.1. The summed E-state index contributed by atoms with van der Waals surface area (Å²) in [6.07, 6.45) is 0.806. The van der Waals surface area contributed by atoms with Crippen molar-refractivity contribution in [2.45, 2.75) is 12.5 Å². The van der Waals surface area contributed by atoms with Gasteiger partial charge in [-0.1, -0.05) is 41.9 Å². The van der Waals surface area contributed by atoms with Crippen molar-refractivity contribution in [2.75, 3.05) is 0 Å². The van der Waals surface area contributed by atoms with Crippen LogP contribution in [0.5, 0.6) is 0 Å². The minimum atomic E-state index is 0.0153. The van der Waals surface area contributed by atoms with Crippen LogP contribution >= 0.6 is 34.2 Å². The molecule has 17 heavy (non-hydrogen) atoms. The van der Waals surface area contributed by atoms with Crippen LogP contribution < -0.4 is 5.73 Å². The molecule has 0 aliphatic rings. The molecular weight excluding hydrogens is 345 g/mol. The van der Waals surface area contributed by atoms with Crippen molar-refractivity contribution in [3.05, 3.63) is 68.3 Å². The molecule has 0 fully saturated rings. The van der Waals surface area contributed by atoms with Crippen LogP contribution in [0.3, 0.4) is 0 Å². The molecule has 0 aliphatic carbocycles. The fourth-order valence-electron chi connectivity index (χ4n) is 1.80. The SMILES string of the molecule is NC(Cc1cccc(Cl)c1)c1ccccc1I. The molecule has 2 N–H and O–H groups in total. The van der Waals surface area contributed by atoms with Gasteiger partial charge in [-0.3, -0.25) is 0 Å². The van der Waals surface area contributed by atoms with Gasteiger partial charge in [0.05, 0.1) is 0 Å². The summed E-state index contributed by atoms with van der Waals surface area (Å²) in [5, 5.41) is 0.762. The largest absolute Gasteiger partial charge is 0.324 e. The highest BCUT2D eigenvalue weighted by Gasteiger charge is 2.10. The van der Waals surface area contributed by atoms with Crippen LogP contribution in [-0.4, -0.2) is 0 Å². The van der Waals surface area contributed by atoms with Gasteiger partial charge in [-0.25, -0.2) is 0 Å². The standard InChI is InChI=1S/C14H13ClIN/c15-11-5-3-4-10(8-11)9-14(17)12-6-1-2-7-13(12)16/h1-8,14H,9,17H2. The van der Waals surface area contributed by atoms with Gasteiger partial charge < -0.3 is 5.73 Å². The number of hydrogen-bond acceptors (Lipinski definition) is 1. The Kier molecular flexibility index (Phi) is 4.42. The van der Waals surface area contributed by atoms with Crippen LogP contribution in [0.15, 0.2) is 48.5 Å². The molecule has 1 nitrogen and oxygen atoms in total. The zero-order chi connectivity index (χ0) is 12.3. The van der Waals surface area contributed by atoms with Gasteiger partial charge in [0, 0.05) is 14.6 Å². The van der Waals surface area contributed by atoms with E-state index in [-0.39, 0.29) is 6.04 Å². The van der Waals surface area contributed by atoms with Gasteiger partial charge in [0.15, 0.2) is 0 Å². The molecule has 0 saturated carbocycles. The molecule has 3 heteroatoms. The Morgan fingerprint density at radius 1 is 1.12 bits per heavy atom. The predicted molar refractivity (Wildman–Crippen MR) is 81.2 cm³/mol. The molecule has 0 bridgehead atoms. The molecule has 0 aromatic heterocycles. The highest BCUT2D eigenvalue weighted by Crippen LogP contribution is 2.22. The third kappa shape index (κ3) is 3.44. The lowest BCUT2D eigenvalue weighted by molar-refractivity contribution is 0.718. The summed E-state index contributed by atoms with van der Waals surface area (Å²) in [5.74, 6) is 0. The van der Waals surface area contributed by atoms with Crippen molar-refractivity contribution in [2.24, 2.45) is 5.73 Å². The normalized spacial score (nSPS) is 12.4. The van der Waals surface area contributed by atoms with E-state index < -0.39 is 0 Å². The Morgan fingerprint density at radius 2 is 1.88 bits per heavy atom. The van der Waals surface area contributed by atoms with E-state index in [0.29, 0.717) is 0 Å². The van der Waals surface area contributed by atoms with Crippen molar-refractivity contribution in [3.8, 4) is 0 Å². The Labute approximate surface area is 120 Å². The van der Waals surface area contributed by atoms with Gasteiger partial charge in [-0.15, -0.1) is 0 Å². The van der Waals surface area contributed by atoms with Gasteiger partial charge in [0.1, 0.15) is 0 Å². The molecule has 88 valence electrons. The number of nitrogens with two attached hydrogens (primary N) is 1. The first-order valence-electron chi connectivity index (χ1n) is 5.41. The van der Waals surface area contributed by atoms with Crippen molar-refractivity contribution in [3.63, 3.8) is 0 Å².